The highest BCUT2D eigenvalue weighted by Crippen LogP contribution is 2.52. The average Bonchev–Trinajstić information content (AvgIpc) is 3.49. The van der Waals surface area contributed by atoms with E-state index in [9.17, 15) is 18.4 Å². The van der Waals surface area contributed by atoms with Crippen molar-refractivity contribution in [3.05, 3.63) is 78.0 Å². The number of halogens is 2. The van der Waals surface area contributed by atoms with Gasteiger partial charge in [-0.2, -0.15) is 0 Å². The molecule has 1 aliphatic carbocycles. The molecule has 0 unspecified atom stereocenters. The van der Waals surface area contributed by atoms with Crippen molar-refractivity contribution in [3.8, 4) is 11.5 Å². The number of alkyl halides is 2. The highest BCUT2D eigenvalue weighted by molar-refractivity contribution is 6.01. The van der Waals surface area contributed by atoms with Crippen LogP contribution in [0.1, 0.15) is 29.7 Å². The minimum absolute atomic E-state index is 0.0826. The third kappa shape index (κ3) is 4.48. The monoisotopic (exact) mass is 454 g/mol. The molecule has 7 nitrogen and oxygen atoms in total. The number of hydrogen-bond donors (Lipinski definition) is 2. The maximum absolute atomic E-state index is 13.3. The number of benzene rings is 1. The van der Waals surface area contributed by atoms with Gasteiger partial charge in [0.15, 0.2) is 11.5 Å². The number of rotatable bonds is 7. The third-order valence-corrected chi connectivity index (χ3v) is 5.45. The van der Waals surface area contributed by atoms with Crippen molar-refractivity contribution in [2.45, 2.75) is 31.5 Å². The number of nitrogens with zero attached hydrogens (tertiary/aromatic N) is 1. The van der Waals surface area contributed by atoms with Crippen molar-refractivity contribution < 1.29 is 33.0 Å². The number of aryl methyl sites for hydroxylation is 1. The van der Waals surface area contributed by atoms with E-state index >= 15 is 0 Å². The quantitative estimate of drug-likeness (QED) is 0.469. The summed E-state index contributed by atoms with van der Waals surface area (Å²) in [5.74, 6) is -1.36. The van der Waals surface area contributed by atoms with Crippen LogP contribution in [-0.2, 0) is 15.0 Å². The maximum Gasteiger partial charge on any atom is 0.586 e. The Balaban J connectivity index is 1.58. The summed E-state index contributed by atoms with van der Waals surface area (Å²) in [5.41, 5.74) is 1.43. The van der Waals surface area contributed by atoms with Crippen LogP contribution in [-0.4, -0.2) is 28.3 Å². The van der Waals surface area contributed by atoms with Gasteiger partial charge in [-0.3, -0.25) is 4.79 Å². The minimum Gasteiger partial charge on any atom is -0.478 e. The summed E-state index contributed by atoms with van der Waals surface area (Å²) in [6.45, 7) is 5.45. The van der Waals surface area contributed by atoms with E-state index in [1.165, 1.54) is 24.3 Å². The van der Waals surface area contributed by atoms with Gasteiger partial charge in [-0.15, -0.1) is 8.78 Å². The summed E-state index contributed by atoms with van der Waals surface area (Å²) >= 11 is 0. The van der Waals surface area contributed by atoms with Crippen LogP contribution in [0.3, 0.4) is 0 Å². The normalized spacial score (nSPS) is 17.6. The van der Waals surface area contributed by atoms with Gasteiger partial charge in [-0.1, -0.05) is 30.9 Å². The molecule has 2 heterocycles. The van der Waals surface area contributed by atoms with Gasteiger partial charge in [0.2, 0.25) is 5.91 Å². The number of carboxylic acid groups (broad SMARTS) is 1. The minimum atomic E-state index is -3.73. The van der Waals surface area contributed by atoms with Gasteiger partial charge in [0.1, 0.15) is 5.82 Å². The Labute approximate surface area is 188 Å². The van der Waals surface area contributed by atoms with E-state index in [1.807, 2.05) is 6.92 Å². The van der Waals surface area contributed by atoms with Gasteiger partial charge < -0.3 is 19.9 Å². The molecule has 0 bridgehead atoms. The molecule has 0 saturated heterocycles. The van der Waals surface area contributed by atoms with Crippen molar-refractivity contribution >= 4 is 23.3 Å². The van der Waals surface area contributed by atoms with E-state index in [0.717, 1.165) is 11.6 Å². The molecule has 0 radical (unpaired) electrons. The summed E-state index contributed by atoms with van der Waals surface area (Å²) in [5, 5.41) is 11.7. The Morgan fingerprint density at radius 2 is 1.88 bits per heavy atom. The zero-order chi connectivity index (χ0) is 23.8. The fourth-order valence-corrected chi connectivity index (χ4v) is 3.65. The van der Waals surface area contributed by atoms with Crippen LogP contribution in [0.25, 0.3) is 5.57 Å². The molecular formula is C24H20F2N2O5. The van der Waals surface area contributed by atoms with E-state index in [4.69, 9.17) is 5.11 Å². The van der Waals surface area contributed by atoms with Crippen molar-refractivity contribution in [2.24, 2.45) is 0 Å². The smallest absolute Gasteiger partial charge is 0.478 e. The van der Waals surface area contributed by atoms with Gasteiger partial charge in [-0.05, 0) is 55.2 Å². The molecule has 9 heteroatoms. The number of carboxylic acids is 1. The van der Waals surface area contributed by atoms with Gasteiger partial charge in [0.25, 0.3) is 0 Å². The van der Waals surface area contributed by atoms with Gasteiger partial charge >= 0.3 is 12.3 Å². The molecule has 1 aromatic heterocycles. The second-order valence-electron chi connectivity index (χ2n) is 7.76. The summed E-state index contributed by atoms with van der Waals surface area (Å²) < 4.78 is 35.6. The van der Waals surface area contributed by atoms with Crippen LogP contribution in [0.2, 0.25) is 0 Å². The van der Waals surface area contributed by atoms with Crippen LogP contribution >= 0.6 is 0 Å². The number of ether oxygens (including phenoxy) is 2. The van der Waals surface area contributed by atoms with Crippen LogP contribution in [0.15, 0.2) is 61.2 Å². The standard InChI is InChI=1S/C24H20F2N2O5/c1-3-4-15(6-10-20(29)30)21-14(2)5-9-19(27-21)28-22(31)23(11-12-23)16-7-8-17-18(13-16)33-24(25,26)32-17/h3-10,13H,1,11-12H2,2H3,(H,29,30)(H,27,28,31)/b10-6+,15-4+. The third-order valence-electron chi connectivity index (χ3n) is 5.45. The number of carbonyl (C=O) groups excluding carboxylic acids is 1. The second kappa shape index (κ2) is 8.16. The second-order valence-corrected chi connectivity index (χ2v) is 7.76. The highest BCUT2D eigenvalue weighted by Gasteiger charge is 2.53. The van der Waals surface area contributed by atoms with Crippen LogP contribution in [0, 0.1) is 6.92 Å². The van der Waals surface area contributed by atoms with E-state index in [0.29, 0.717) is 29.7 Å². The number of pyridine rings is 1. The molecule has 170 valence electrons. The molecule has 33 heavy (non-hydrogen) atoms. The molecular weight excluding hydrogens is 434 g/mol. The lowest BCUT2D eigenvalue weighted by molar-refractivity contribution is -0.286. The summed E-state index contributed by atoms with van der Waals surface area (Å²) in [7, 11) is 0. The molecule has 1 aromatic carbocycles. The van der Waals surface area contributed by atoms with Crippen molar-refractivity contribution in [2.75, 3.05) is 5.32 Å². The number of fused-ring (bicyclic) bond motifs is 1. The molecule has 2 aromatic rings. The fourth-order valence-electron chi connectivity index (χ4n) is 3.65. The summed E-state index contributed by atoms with van der Waals surface area (Å²) in [6, 6.07) is 7.73. The molecule has 1 fully saturated rings. The van der Waals surface area contributed by atoms with Crippen LogP contribution < -0.4 is 14.8 Å². The number of nitrogens with one attached hydrogen (secondary N) is 1. The molecule has 1 saturated carbocycles. The molecule has 0 spiro atoms. The van der Waals surface area contributed by atoms with Gasteiger partial charge in [-0.25, -0.2) is 9.78 Å². The predicted molar refractivity (Wildman–Crippen MR) is 116 cm³/mol. The molecule has 2 N–H and O–H groups in total. The number of amides is 1. The number of aromatic nitrogens is 1. The highest BCUT2D eigenvalue weighted by atomic mass is 19.3. The molecule has 1 aliphatic heterocycles. The topological polar surface area (TPSA) is 97.8 Å². The lowest BCUT2D eigenvalue weighted by Crippen LogP contribution is -2.28. The average molecular weight is 454 g/mol. The first-order valence-corrected chi connectivity index (χ1v) is 10.1. The lowest BCUT2D eigenvalue weighted by atomic mass is 9.94. The summed E-state index contributed by atoms with van der Waals surface area (Å²) in [6.07, 6.45) is 2.86. The maximum atomic E-state index is 13.3. The predicted octanol–water partition coefficient (Wildman–Crippen LogP) is 4.59. The number of allylic oxidation sites excluding steroid dienone is 4. The van der Waals surface area contributed by atoms with Crippen molar-refractivity contribution in [1.82, 2.24) is 4.98 Å². The van der Waals surface area contributed by atoms with Crippen LogP contribution in [0.4, 0.5) is 14.6 Å². The molecule has 1 amide bonds. The number of hydrogen-bond acceptors (Lipinski definition) is 5. The first-order chi connectivity index (χ1) is 15.6. The van der Waals surface area contributed by atoms with E-state index in [-0.39, 0.29) is 23.2 Å². The molecule has 0 atom stereocenters. The number of carbonyl (C=O) groups is 2. The zero-order valence-corrected chi connectivity index (χ0v) is 17.6. The van der Waals surface area contributed by atoms with Gasteiger partial charge in [0, 0.05) is 11.6 Å². The van der Waals surface area contributed by atoms with E-state index < -0.39 is 17.7 Å². The first kappa shape index (κ1) is 22.2. The Bertz CT molecular complexity index is 1220. The number of anilines is 1. The van der Waals surface area contributed by atoms with E-state index in [2.05, 4.69) is 26.4 Å². The lowest BCUT2D eigenvalue weighted by Gasteiger charge is -2.17. The Morgan fingerprint density at radius 3 is 2.55 bits per heavy atom. The Morgan fingerprint density at radius 1 is 1.15 bits per heavy atom. The van der Waals surface area contributed by atoms with Crippen molar-refractivity contribution in [1.29, 1.82) is 0 Å². The molecule has 4 rings (SSSR count). The van der Waals surface area contributed by atoms with E-state index in [1.54, 1.807) is 24.3 Å². The molecule has 2 aliphatic rings. The first-order valence-electron chi connectivity index (χ1n) is 10.1. The Hall–Kier alpha value is -4.01. The van der Waals surface area contributed by atoms with Gasteiger partial charge in [0.05, 0.1) is 11.1 Å². The largest absolute Gasteiger partial charge is 0.586 e. The number of aliphatic carboxylic acids is 1. The van der Waals surface area contributed by atoms with Crippen molar-refractivity contribution in [3.63, 3.8) is 0 Å². The fraction of sp³-hybridized carbons (Fsp3) is 0.208. The van der Waals surface area contributed by atoms with Crippen LogP contribution in [0.5, 0.6) is 11.5 Å². The SMILES string of the molecule is C=C/C=C(\C=C\C(=O)O)c1nc(NC(=O)C2(c3ccc4c(c3)OC(F)(F)O4)CC2)ccc1C. The zero-order valence-electron chi connectivity index (χ0n) is 17.6. The summed E-state index contributed by atoms with van der Waals surface area (Å²) in [4.78, 5) is 28.5. The Kier molecular flexibility index (Phi) is 5.49.